The summed E-state index contributed by atoms with van der Waals surface area (Å²) < 4.78 is 5.98. The SMILES string of the molecule is Oc1ccc2c(c1)OC1=CC(O)C=CC1C21OOCc2ccccc21. The first-order chi connectivity index (χ1) is 12.2. The number of phenols is 1. The minimum atomic E-state index is -0.932. The summed E-state index contributed by atoms with van der Waals surface area (Å²) in [6, 6.07) is 12.9. The molecule has 126 valence electrons. The quantitative estimate of drug-likeness (QED) is 0.572. The maximum atomic E-state index is 9.97. The second kappa shape index (κ2) is 5.20. The van der Waals surface area contributed by atoms with Gasteiger partial charge >= 0.3 is 0 Å². The Bertz CT molecular complexity index is 916. The molecule has 3 atom stereocenters. The minimum absolute atomic E-state index is 0.102. The van der Waals surface area contributed by atoms with Crippen LogP contribution in [0.3, 0.4) is 0 Å². The van der Waals surface area contributed by atoms with Crippen LogP contribution in [0.2, 0.25) is 0 Å². The molecule has 1 spiro atoms. The van der Waals surface area contributed by atoms with Gasteiger partial charge in [0.2, 0.25) is 0 Å². The number of aliphatic hydroxyl groups is 1. The van der Waals surface area contributed by atoms with Crippen molar-refractivity contribution < 1.29 is 24.7 Å². The lowest BCUT2D eigenvalue weighted by molar-refractivity contribution is -0.382. The van der Waals surface area contributed by atoms with Crippen LogP contribution >= 0.6 is 0 Å². The predicted molar refractivity (Wildman–Crippen MR) is 88.6 cm³/mol. The predicted octanol–water partition coefficient (Wildman–Crippen LogP) is 2.92. The maximum Gasteiger partial charge on any atom is 0.171 e. The highest BCUT2D eigenvalue weighted by molar-refractivity contribution is 5.56. The van der Waals surface area contributed by atoms with Crippen LogP contribution in [0.4, 0.5) is 0 Å². The number of ether oxygens (including phenoxy) is 1. The Balaban J connectivity index is 1.83. The first kappa shape index (κ1) is 14.7. The Morgan fingerprint density at radius 3 is 2.84 bits per heavy atom. The van der Waals surface area contributed by atoms with Crippen molar-refractivity contribution >= 4 is 0 Å². The van der Waals surface area contributed by atoms with Crippen molar-refractivity contribution in [3.63, 3.8) is 0 Å². The summed E-state index contributed by atoms with van der Waals surface area (Å²) in [5.74, 6) is 0.887. The molecule has 0 amide bonds. The minimum Gasteiger partial charge on any atom is -0.508 e. The molecule has 5 rings (SSSR count). The molecule has 3 aliphatic rings. The van der Waals surface area contributed by atoms with Crippen LogP contribution in [0.5, 0.6) is 11.5 Å². The Morgan fingerprint density at radius 2 is 1.92 bits per heavy atom. The van der Waals surface area contributed by atoms with Crippen molar-refractivity contribution in [2.24, 2.45) is 5.92 Å². The van der Waals surface area contributed by atoms with Crippen LogP contribution < -0.4 is 4.74 Å². The van der Waals surface area contributed by atoms with Gasteiger partial charge in [0.15, 0.2) is 5.60 Å². The van der Waals surface area contributed by atoms with Gasteiger partial charge in [-0.3, -0.25) is 0 Å². The summed E-state index contributed by atoms with van der Waals surface area (Å²) in [6.07, 6.45) is 4.54. The van der Waals surface area contributed by atoms with Gasteiger partial charge in [-0.25, -0.2) is 9.78 Å². The maximum absolute atomic E-state index is 9.97. The lowest BCUT2D eigenvalue weighted by Crippen LogP contribution is -2.47. The average molecular weight is 336 g/mol. The summed E-state index contributed by atoms with van der Waals surface area (Å²) in [4.78, 5) is 11.5. The van der Waals surface area contributed by atoms with Crippen LogP contribution in [-0.2, 0) is 22.0 Å². The number of rotatable bonds is 0. The number of hydrogen-bond donors (Lipinski definition) is 2. The fraction of sp³-hybridized carbons (Fsp3) is 0.200. The molecule has 0 saturated heterocycles. The average Bonchev–Trinajstić information content (AvgIpc) is 2.61. The Kier molecular flexibility index (Phi) is 3.06. The third-order valence-corrected chi connectivity index (χ3v) is 5.00. The van der Waals surface area contributed by atoms with Crippen LogP contribution in [0.1, 0.15) is 16.7 Å². The zero-order valence-corrected chi connectivity index (χ0v) is 13.3. The number of phenolic OH excluding ortho intramolecular Hbond substituents is 1. The van der Waals surface area contributed by atoms with Gasteiger partial charge in [-0.2, -0.15) is 0 Å². The third kappa shape index (κ3) is 2.00. The van der Waals surface area contributed by atoms with E-state index in [0.717, 1.165) is 16.7 Å². The molecule has 5 heteroatoms. The molecule has 0 aromatic heterocycles. The third-order valence-electron chi connectivity index (χ3n) is 5.00. The Labute approximate surface area is 144 Å². The second-order valence-corrected chi connectivity index (χ2v) is 6.44. The van der Waals surface area contributed by atoms with Crippen molar-refractivity contribution in [3.05, 3.63) is 83.1 Å². The summed E-state index contributed by atoms with van der Waals surface area (Å²) in [6.45, 7) is 0.365. The second-order valence-electron chi connectivity index (χ2n) is 6.44. The van der Waals surface area contributed by atoms with Crippen molar-refractivity contribution in [2.45, 2.75) is 18.3 Å². The molecule has 3 unspecified atom stereocenters. The van der Waals surface area contributed by atoms with Gasteiger partial charge < -0.3 is 14.9 Å². The number of aromatic hydroxyl groups is 1. The smallest absolute Gasteiger partial charge is 0.171 e. The molecule has 0 radical (unpaired) electrons. The van der Waals surface area contributed by atoms with E-state index in [9.17, 15) is 10.2 Å². The topological polar surface area (TPSA) is 68.2 Å². The normalized spacial score (nSPS) is 29.2. The summed E-state index contributed by atoms with van der Waals surface area (Å²) in [5.41, 5.74) is 1.88. The van der Waals surface area contributed by atoms with E-state index in [2.05, 4.69) is 0 Å². The Morgan fingerprint density at radius 1 is 1.04 bits per heavy atom. The van der Waals surface area contributed by atoms with Gasteiger partial charge in [0, 0.05) is 11.6 Å². The van der Waals surface area contributed by atoms with Crippen molar-refractivity contribution in [1.29, 1.82) is 0 Å². The van der Waals surface area contributed by atoms with Gasteiger partial charge in [0.05, 0.1) is 12.0 Å². The molecule has 0 fully saturated rings. The highest BCUT2D eigenvalue weighted by Crippen LogP contribution is 2.55. The fourth-order valence-electron chi connectivity index (χ4n) is 3.93. The molecule has 2 aromatic rings. The lowest BCUT2D eigenvalue weighted by atomic mass is 9.70. The van der Waals surface area contributed by atoms with E-state index in [1.54, 1.807) is 30.4 Å². The van der Waals surface area contributed by atoms with Gasteiger partial charge in [0.1, 0.15) is 23.9 Å². The van der Waals surface area contributed by atoms with Gasteiger partial charge in [-0.05, 0) is 29.3 Å². The van der Waals surface area contributed by atoms with Gasteiger partial charge in [0.25, 0.3) is 0 Å². The van der Waals surface area contributed by atoms with E-state index < -0.39 is 11.7 Å². The number of hydrogen-bond acceptors (Lipinski definition) is 5. The first-order valence-electron chi connectivity index (χ1n) is 8.17. The van der Waals surface area contributed by atoms with Crippen molar-refractivity contribution in [2.75, 3.05) is 0 Å². The molecule has 25 heavy (non-hydrogen) atoms. The van der Waals surface area contributed by atoms with Crippen LogP contribution in [-0.4, -0.2) is 16.3 Å². The molecular weight excluding hydrogens is 320 g/mol. The molecule has 2 aromatic carbocycles. The lowest BCUT2D eigenvalue weighted by Gasteiger charge is -2.47. The van der Waals surface area contributed by atoms with E-state index in [0.29, 0.717) is 18.1 Å². The van der Waals surface area contributed by atoms with E-state index in [1.807, 2.05) is 30.3 Å². The van der Waals surface area contributed by atoms with Gasteiger partial charge in [-0.1, -0.05) is 36.4 Å². The largest absolute Gasteiger partial charge is 0.508 e. The summed E-state index contributed by atoms with van der Waals surface area (Å²) in [7, 11) is 0. The number of fused-ring (bicyclic) bond motifs is 6. The summed E-state index contributed by atoms with van der Waals surface area (Å²) >= 11 is 0. The fourth-order valence-corrected chi connectivity index (χ4v) is 3.93. The first-order valence-corrected chi connectivity index (χ1v) is 8.17. The Hall–Kier alpha value is -2.60. The number of aliphatic hydroxyl groups excluding tert-OH is 1. The highest BCUT2D eigenvalue weighted by Gasteiger charge is 2.54. The van der Waals surface area contributed by atoms with Crippen molar-refractivity contribution in [1.82, 2.24) is 0 Å². The molecule has 2 aliphatic heterocycles. The zero-order chi connectivity index (χ0) is 17.0. The number of benzene rings is 2. The van der Waals surface area contributed by atoms with E-state index in [1.165, 1.54) is 0 Å². The van der Waals surface area contributed by atoms with Crippen LogP contribution in [0.15, 0.2) is 66.5 Å². The van der Waals surface area contributed by atoms with Gasteiger partial charge in [-0.15, -0.1) is 0 Å². The monoisotopic (exact) mass is 336 g/mol. The van der Waals surface area contributed by atoms with E-state index in [4.69, 9.17) is 14.5 Å². The zero-order valence-electron chi connectivity index (χ0n) is 13.3. The molecule has 2 heterocycles. The van der Waals surface area contributed by atoms with Crippen LogP contribution in [0, 0.1) is 5.92 Å². The van der Waals surface area contributed by atoms with Crippen molar-refractivity contribution in [3.8, 4) is 11.5 Å². The molecule has 5 nitrogen and oxygen atoms in total. The molecule has 1 aliphatic carbocycles. The molecule has 0 saturated carbocycles. The standard InChI is InChI=1S/C20H16O5/c21-13-5-7-16-18(9-13)24-19-10-14(22)6-8-17(19)20(16)15-4-2-1-3-12(15)11-23-25-20/h1-10,13,16,21-22H,11H2. The molecular formula is C20H16O5. The summed E-state index contributed by atoms with van der Waals surface area (Å²) in [5, 5.41) is 19.9. The molecule has 2 N–H and O–H groups in total. The highest BCUT2D eigenvalue weighted by atomic mass is 17.2. The van der Waals surface area contributed by atoms with E-state index in [-0.39, 0.29) is 11.7 Å². The van der Waals surface area contributed by atoms with E-state index >= 15 is 0 Å². The van der Waals surface area contributed by atoms with Crippen LogP contribution in [0.25, 0.3) is 0 Å². The molecule has 0 bridgehead atoms.